The van der Waals surface area contributed by atoms with Crippen LogP contribution < -0.4 is 11.0 Å². The minimum Gasteiger partial charge on any atom is -0.478 e. The monoisotopic (exact) mass is 328 g/mol. The Balaban J connectivity index is 2.01. The average molecular weight is 328 g/mol. The Morgan fingerprint density at radius 1 is 1.25 bits per heavy atom. The van der Waals surface area contributed by atoms with Gasteiger partial charge in [0, 0.05) is 12.4 Å². The Kier molecular flexibility index (Phi) is 3.74. The second-order valence-corrected chi connectivity index (χ2v) is 4.88. The number of benzene rings is 1. The molecule has 0 saturated carbocycles. The number of carboxylic acid groups (broad SMARTS) is 1. The molecule has 0 bridgehead atoms. The van der Waals surface area contributed by atoms with Gasteiger partial charge in [-0.1, -0.05) is 0 Å². The first-order valence-electron chi connectivity index (χ1n) is 6.78. The zero-order chi connectivity index (χ0) is 17.3. The van der Waals surface area contributed by atoms with Gasteiger partial charge in [-0.2, -0.15) is 5.10 Å². The van der Waals surface area contributed by atoms with Gasteiger partial charge in [0.1, 0.15) is 11.3 Å². The van der Waals surface area contributed by atoms with E-state index in [0.717, 1.165) is 0 Å². The number of aromatic carboxylic acids is 1. The zero-order valence-electron chi connectivity index (χ0n) is 12.4. The van der Waals surface area contributed by atoms with Crippen LogP contribution in [0.3, 0.4) is 0 Å². The minimum atomic E-state index is -1.03. The van der Waals surface area contributed by atoms with E-state index in [-0.39, 0.29) is 22.4 Å². The summed E-state index contributed by atoms with van der Waals surface area (Å²) < 4.78 is 6.10. The van der Waals surface area contributed by atoms with Gasteiger partial charge in [-0.15, -0.1) is 0 Å². The van der Waals surface area contributed by atoms with E-state index < -0.39 is 17.5 Å². The molecule has 0 unspecified atom stereocenters. The second-order valence-electron chi connectivity index (χ2n) is 4.88. The van der Waals surface area contributed by atoms with E-state index in [9.17, 15) is 14.4 Å². The molecule has 1 aromatic carbocycles. The van der Waals surface area contributed by atoms with Crippen LogP contribution in [0.25, 0.3) is 11.3 Å². The summed E-state index contributed by atoms with van der Waals surface area (Å²) in [5.74, 6) is -1.66. The number of carboxylic acids is 1. The van der Waals surface area contributed by atoms with Crippen molar-refractivity contribution in [2.75, 3.05) is 12.5 Å². The van der Waals surface area contributed by atoms with Crippen molar-refractivity contribution in [1.82, 2.24) is 14.9 Å². The topological polar surface area (TPSA) is 126 Å². The van der Waals surface area contributed by atoms with Gasteiger partial charge in [0.2, 0.25) is 0 Å². The molecule has 0 aliphatic carbocycles. The number of rotatable bonds is 4. The molecule has 0 aromatic heterocycles. The third-order valence-corrected chi connectivity index (χ3v) is 3.36. The molecule has 24 heavy (non-hydrogen) atoms. The number of hydrogen-bond acceptors (Lipinski definition) is 6. The smallest absolute Gasteiger partial charge is 0.341 e. The number of nitrogens with zero attached hydrogens (tertiary/aromatic N) is 2. The first kappa shape index (κ1) is 15.3. The number of carbonyl (C=O) groups is 2. The first-order valence-corrected chi connectivity index (χ1v) is 6.78. The predicted molar refractivity (Wildman–Crippen MR) is 83.2 cm³/mol. The number of nitrogens with one attached hydrogen (secondary N) is 2. The molecule has 9 heteroatoms. The van der Waals surface area contributed by atoms with Crippen molar-refractivity contribution in [3.63, 3.8) is 0 Å². The molecule has 3 rings (SSSR count). The number of ether oxygens (including phenoxy) is 1. The van der Waals surface area contributed by atoms with Crippen molar-refractivity contribution in [3.05, 3.63) is 58.1 Å². The van der Waals surface area contributed by atoms with Crippen LogP contribution in [-0.4, -0.2) is 39.0 Å². The summed E-state index contributed by atoms with van der Waals surface area (Å²) in [5, 5.41) is 15.0. The highest BCUT2D eigenvalue weighted by molar-refractivity contribution is 5.96. The highest BCUT2D eigenvalue weighted by atomic mass is 16.5. The molecule has 0 atom stereocenters. The summed E-state index contributed by atoms with van der Waals surface area (Å²) in [6, 6.07) is 5.99. The number of hydrogen-bond donors (Lipinski definition) is 3. The van der Waals surface area contributed by atoms with Crippen molar-refractivity contribution in [1.29, 1.82) is 0 Å². The van der Waals surface area contributed by atoms with Gasteiger partial charge in [0.15, 0.2) is 0 Å². The maximum absolute atomic E-state index is 11.9. The Morgan fingerprint density at radius 2 is 1.96 bits per heavy atom. The molecule has 0 fully saturated rings. The first-order chi connectivity index (χ1) is 11.5. The van der Waals surface area contributed by atoms with Crippen LogP contribution in [0.2, 0.25) is 0 Å². The van der Waals surface area contributed by atoms with Crippen LogP contribution in [0, 0.1) is 0 Å². The largest absolute Gasteiger partial charge is 0.478 e. The highest BCUT2D eigenvalue weighted by Crippen LogP contribution is 2.21. The number of esters is 1. The third-order valence-electron chi connectivity index (χ3n) is 3.36. The Hall–Kier alpha value is -3.62. The van der Waals surface area contributed by atoms with Gasteiger partial charge in [-0.25, -0.2) is 14.7 Å². The number of methoxy groups -OCH3 is 1. The van der Waals surface area contributed by atoms with Crippen molar-refractivity contribution < 1.29 is 19.4 Å². The Bertz CT molecular complexity index is 941. The number of H-pyrrole nitrogens is 1. The average Bonchev–Trinajstić information content (AvgIpc) is 2.95. The normalized spacial score (nSPS) is 10.5. The van der Waals surface area contributed by atoms with Crippen molar-refractivity contribution in [2.45, 2.75) is 0 Å². The highest BCUT2D eigenvalue weighted by Gasteiger charge is 2.21. The molecular formula is C15H12N4O5. The lowest BCUT2D eigenvalue weighted by molar-refractivity contribution is 0.0599. The van der Waals surface area contributed by atoms with Crippen LogP contribution in [0.5, 0.6) is 0 Å². The standard InChI is InChI=1S/C15H12N4O5/c1-24-15(23)11-7-19(6-10-12(11)16-17-13(10)20)18-9-4-2-8(3-5-9)14(21)22/h2-7,18H,1H3,(H,17,20)(H,21,22). The molecular weight excluding hydrogens is 316 g/mol. The molecule has 3 N–H and O–H groups in total. The summed E-state index contributed by atoms with van der Waals surface area (Å²) in [6.07, 6.45) is 2.90. The van der Waals surface area contributed by atoms with Crippen LogP contribution in [0.1, 0.15) is 20.7 Å². The molecule has 2 heterocycles. The number of anilines is 1. The zero-order valence-corrected chi connectivity index (χ0v) is 12.4. The van der Waals surface area contributed by atoms with Gasteiger partial charge >= 0.3 is 11.9 Å². The summed E-state index contributed by atoms with van der Waals surface area (Å²) in [6.45, 7) is 0. The van der Waals surface area contributed by atoms with Crippen molar-refractivity contribution in [3.8, 4) is 11.3 Å². The SMILES string of the molecule is COC(=O)c1cn(Nc2ccc(C(=O)O)cc2)cc2c(=O)[nH]nc1-2. The molecule has 122 valence electrons. The number of carbonyl (C=O) groups excluding carboxylic acids is 1. The lowest BCUT2D eigenvalue weighted by Crippen LogP contribution is -2.16. The van der Waals surface area contributed by atoms with Crippen molar-refractivity contribution in [2.24, 2.45) is 0 Å². The molecule has 9 nitrogen and oxygen atoms in total. The van der Waals surface area contributed by atoms with Gasteiger partial charge in [0.25, 0.3) is 5.56 Å². The summed E-state index contributed by atoms with van der Waals surface area (Å²) >= 11 is 0. The molecule has 0 radical (unpaired) electrons. The van der Waals surface area contributed by atoms with E-state index >= 15 is 0 Å². The number of aromatic amines is 1. The summed E-state index contributed by atoms with van der Waals surface area (Å²) in [7, 11) is 1.23. The van der Waals surface area contributed by atoms with Crippen LogP contribution >= 0.6 is 0 Å². The lowest BCUT2D eigenvalue weighted by atomic mass is 10.1. The van der Waals surface area contributed by atoms with Crippen LogP contribution in [0.4, 0.5) is 5.69 Å². The minimum absolute atomic E-state index is 0.114. The molecule has 1 aromatic rings. The van der Waals surface area contributed by atoms with E-state index in [0.29, 0.717) is 5.69 Å². The van der Waals surface area contributed by atoms with E-state index in [4.69, 9.17) is 9.84 Å². The van der Waals surface area contributed by atoms with Gasteiger partial charge < -0.3 is 9.84 Å². The Morgan fingerprint density at radius 3 is 2.58 bits per heavy atom. The van der Waals surface area contributed by atoms with Gasteiger partial charge in [0.05, 0.1) is 23.9 Å². The fraction of sp³-hybridized carbons (Fsp3) is 0.0667. The Labute approximate surface area is 134 Å². The van der Waals surface area contributed by atoms with Crippen LogP contribution in [-0.2, 0) is 4.74 Å². The van der Waals surface area contributed by atoms with E-state index in [1.165, 1.54) is 36.3 Å². The molecule has 0 spiro atoms. The second kappa shape index (κ2) is 5.88. The van der Waals surface area contributed by atoms with E-state index in [2.05, 4.69) is 15.6 Å². The number of pyridine rings is 1. The van der Waals surface area contributed by atoms with Crippen molar-refractivity contribution >= 4 is 17.6 Å². The molecule has 0 amide bonds. The fourth-order valence-electron chi connectivity index (χ4n) is 2.20. The maximum atomic E-state index is 11.9. The van der Waals surface area contributed by atoms with Crippen LogP contribution in [0.15, 0.2) is 41.5 Å². The fourth-order valence-corrected chi connectivity index (χ4v) is 2.20. The maximum Gasteiger partial charge on any atom is 0.341 e. The third kappa shape index (κ3) is 2.70. The summed E-state index contributed by atoms with van der Waals surface area (Å²) in [4.78, 5) is 34.5. The lowest BCUT2D eigenvalue weighted by Gasteiger charge is -2.14. The molecule has 2 aliphatic heterocycles. The summed E-state index contributed by atoms with van der Waals surface area (Å²) in [5.41, 5.74) is 3.75. The number of aromatic nitrogens is 3. The molecule has 2 aliphatic rings. The van der Waals surface area contributed by atoms with Gasteiger partial charge in [-0.05, 0) is 24.3 Å². The van der Waals surface area contributed by atoms with E-state index in [1.807, 2.05) is 0 Å². The molecule has 0 saturated heterocycles. The van der Waals surface area contributed by atoms with E-state index in [1.54, 1.807) is 12.1 Å². The van der Waals surface area contributed by atoms with Gasteiger partial charge in [-0.3, -0.25) is 14.9 Å². The predicted octanol–water partition coefficient (Wildman–Crippen LogP) is 1.04. The number of fused-ring (bicyclic) bond motifs is 1. The quantitative estimate of drug-likeness (QED) is 0.611.